The quantitative estimate of drug-likeness (QED) is 0.773. The van der Waals surface area contributed by atoms with E-state index >= 15 is 0 Å². The molecule has 6 nitrogen and oxygen atoms in total. The van der Waals surface area contributed by atoms with Gasteiger partial charge in [0.1, 0.15) is 5.69 Å². The highest BCUT2D eigenvalue weighted by Gasteiger charge is 2.32. The van der Waals surface area contributed by atoms with E-state index in [-0.39, 0.29) is 18.1 Å². The third-order valence-electron chi connectivity index (χ3n) is 5.28. The van der Waals surface area contributed by atoms with Crippen LogP contribution >= 0.6 is 0 Å². The van der Waals surface area contributed by atoms with Gasteiger partial charge < -0.3 is 23.8 Å². The Kier molecular flexibility index (Phi) is 5.73. The maximum atomic E-state index is 13.4. The molecular formula is C20H31N3O3. The molecule has 2 aliphatic heterocycles. The standard InChI is InChI=1S/C20H31N3O3/c1-6-7-23-17(5)18(21-8-10-25-11-9-21)16(4)19(23)20(24)22-12-14(2)26-15(3)13-22/h6,14-15H,1,7-13H2,2-5H3. The summed E-state index contributed by atoms with van der Waals surface area (Å²) in [6.45, 7) is 17.2. The molecular weight excluding hydrogens is 330 g/mol. The van der Waals surface area contributed by atoms with Crippen molar-refractivity contribution in [3.63, 3.8) is 0 Å². The van der Waals surface area contributed by atoms with Gasteiger partial charge in [0.05, 0.1) is 31.1 Å². The van der Waals surface area contributed by atoms with Gasteiger partial charge in [0, 0.05) is 44.0 Å². The van der Waals surface area contributed by atoms with Crippen molar-refractivity contribution in [3.05, 3.63) is 29.6 Å². The van der Waals surface area contributed by atoms with Crippen LogP contribution in [0.1, 0.15) is 35.6 Å². The van der Waals surface area contributed by atoms with Gasteiger partial charge in [-0.15, -0.1) is 6.58 Å². The van der Waals surface area contributed by atoms with Crippen LogP contribution in [0, 0.1) is 13.8 Å². The van der Waals surface area contributed by atoms with Gasteiger partial charge in [0.25, 0.3) is 5.91 Å². The first-order valence-electron chi connectivity index (χ1n) is 9.52. The Morgan fingerprint density at radius 2 is 1.81 bits per heavy atom. The molecule has 0 aromatic carbocycles. The minimum atomic E-state index is 0.0608. The molecule has 6 heteroatoms. The second kappa shape index (κ2) is 7.84. The second-order valence-corrected chi connectivity index (χ2v) is 7.37. The SMILES string of the molecule is C=CCn1c(C)c(N2CCOCC2)c(C)c1C(=O)N1CC(C)OC(C)C1. The van der Waals surface area contributed by atoms with Crippen LogP contribution in [0.2, 0.25) is 0 Å². The van der Waals surface area contributed by atoms with E-state index in [1.165, 1.54) is 5.69 Å². The predicted octanol–water partition coefficient (Wildman–Crippen LogP) is 2.38. The molecule has 0 radical (unpaired) electrons. The molecule has 0 bridgehead atoms. The van der Waals surface area contributed by atoms with Crippen LogP contribution in [-0.2, 0) is 16.0 Å². The van der Waals surface area contributed by atoms with Crippen LogP contribution < -0.4 is 4.90 Å². The number of ether oxygens (including phenoxy) is 2. The topological polar surface area (TPSA) is 46.9 Å². The summed E-state index contributed by atoms with van der Waals surface area (Å²) in [5, 5.41) is 0. The minimum Gasteiger partial charge on any atom is -0.378 e. The maximum absolute atomic E-state index is 13.4. The fourth-order valence-electron chi connectivity index (χ4n) is 4.26. The lowest BCUT2D eigenvalue weighted by Crippen LogP contribution is -2.48. The Bertz CT molecular complexity index is 666. The van der Waals surface area contributed by atoms with E-state index in [2.05, 4.69) is 29.9 Å². The van der Waals surface area contributed by atoms with E-state index in [0.717, 1.165) is 43.3 Å². The molecule has 2 atom stereocenters. The van der Waals surface area contributed by atoms with E-state index in [9.17, 15) is 4.79 Å². The van der Waals surface area contributed by atoms with E-state index in [1.54, 1.807) is 0 Å². The zero-order valence-electron chi connectivity index (χ0n) is 16.5. The highest BCUT2D eigenvalue weighted by atomic mass is 16.5. The largest absolute Gasteiger partial charge is 0.378 e. The van der Waals surface area contributed by atoms with Gasteiger partial charge in [-0.05, 0) is 27.7 Å². The number of aromatic nitrogens is 1. The summed E-state index contributed by atoms with van der Waals surface area (Å²) in [6, 6.07) is 0. The summed E-state index contributed by atoms with van der Waals surface area (Å²) in [6.07, 6.45) is 1.98. The Morgan fingerprint density at radius 1 is 1.19 bits per heavy atom. The fourth-order valence-corrected chi connectivity index (χ4v) is 4.26. The Hall–Kier alpha value is -1.79. The predicted molar refractivity (Wildman–Crippen MR) is 103 cm³/mol. The van der Waals surface area contributed by atoms with Crippen LogP contribution in [0.15, 0.2) is 12.7 Å². The number of morpholine rings is 2. The molecule has 144 valence electrons. The van der Waals surface area contributed by atoms with E-state index in [0.29, 0.717) is 19.6 Å². The number of carbonyl (C=O) groups is 1. The molecule has 3 heterocycles. The third-order valence-corrected chi connectivity index (χ3v) is 5.28. The molecule has 0 N–H and O–H groups in total. The van der Waals surface area contributed by atoms with Crippen molar-refractivity contribution < 1.29 is 14.3 Å². The van der Waals surface area contributed by atoms with Gasteiger partial charge in [0.15, 0.2) is 0 Å². The van der Waals surface area contributed by atoms with Crippen molar-refractivity contribution >= 4 is 11.6 Å². The lowest BCUT2D eigenvalue weighted by molar-refractivity contribution is -0.0588. The summed E-state index contributed by atoms with van der Waals surface area (Å²) in [5.74, 6) is 0.0916. The average Bonchev–Trinajstić information content (AvgIpc) is 2.85. The fraction of sp³-hybridized carbons (Fsp3) is 0.650. The molecule has 3 rings (SSSR count). The number of nitrogens with zero attached hydrogens (tertiary/aromatic N) is 3. The summed E-state index contributed by atoms with van der Waals surface area (Å²) in [7, 11) is 0. The number of rotatable bonds is 4. The number of carbonyl (C=O) groups excluding carboxylic acids is 1. The van der Waals surface area contributed by atoms with Crippen molar-refractivity contribution in [2.75, 3.05) is 44.3 Å². The molecule has 2 aliphatic rings. The van der Waals surface area contributed by atoms with Gasteiger partial charge in [-0.25, -0.2) is 0 Å². The normalized spacial score (nSPS) is 24.0. The van der Waals surface area contributed by atoms with Crippen molar-refractivity contribution in [1.29, 1.82) is 0 Å². The molecule has 1 aromatic heterocycles. The maximum Gasteiger partial charge on any atom is 0.271 e. The van der Waals surface area contributed by atoms with Gasteiger partial charge in [-0.2, -0.15) is 0 Å². The molecule has 2 fully saturated rings. The second-order valence-electron chi connectivity index (χ2n) is 7.37. The molecule has 2 unspecified atom stereocenters. The van der Waals surface area contributed by atoms with Crippen molar-refractivity contribution in [3.8, 4) is 0 Å². The minimum absolute atomic E-state index is 0.0608. The first-order chi connectivity index (χ1) is 12.4. The monoisotopic (exact) mass is 361 g/mol. The third kappa shape index (κ3) is 3.53. The highest BCUT2D eigenvalue weighted by molar-refractivity contribution is 5.96. The molecule has 1 aromatic rings. The zero-order valence-corrected chi connectivity index (χ0v) is 16.5. The van der Waals surface area contributed by atoms with Gasteiger partial charge in [-0.1, -0.05) is 6.08 Å². The van der Waals surface area contributed by atoms with Crippen molar-refractivity contribution in [2.45, 2.75) is 46.4 Å². The molecule has 2 saturated heterocycles. The average molecular weight is 361 g/mol. The number of hydrogen-bond acceptors (Lipinski definition) is 4. The van der Waals surface area contributed by atoms with Crippen molar-refractivity contribution in [1.82, 2.24) is 9.47 Å². The van der Waals surface area contributed by atoms with Crippen LogP contribution in [0.4, 0.5) is 5.69 Å². The summed E-state index contributed by atoms with van der Waals surface area (Å²) < 4.78 is 13.4. The van der Waals surface area contributed by atoms with Gasteiger partial charge in [0.2, 0.25) is 0 Å². The zero-order chi connectivity index (χ0) is 18.8. The van der Waals surface area contributed by atoms with E-state index in [4.69, 9.17) is 9.47 Å². The van der Waals surface area contributed by atoms with E-state index < -0.39 is 0 Å². The number of amides is 1. The number of anilines is 1. The summed E-state index contributed by atoms with van der Waals surface area (Å²) >= 11 is 0. The van der Waals surface area contributed by atoms with Crippen LogP contribution in [-0.4, -0.2) is 67.0 Å². The van der Waals surface area contributed by atoms with Crippen LogP contribution in [0.25, 0.3) is 0 Å². The number of allylic oxidation sites excluding steroid dienone is 1. The lowest BCUT2D eigenvalue weighted by atomic mass is 10.1. The van der Waals surface area contributed by atoms with Crippen molar-refractivity contribution in [2.24, 2.45) is 0 Å². The first-order valence-corrected chi connectivity index (χ1v) is 9.52. The molecule has 26 heavy (non-hydrogen) atoms. The molecule has 0 saturated carbocycles. The smallest absolute Gasteiger partial charge is 0.271 e. The van der Waals surface area contributed by atoms with E-state index in [1.807, 2.05) is 24.8 Å². The Labute approximate surface area is 156 Å². The van der Waals surface area contributed by atoms with Crippen LogP contribution in [0.3, 0.4) is 0 Å². The van der Waals surface area contributed by atoms with Gasteiger partial charge in [-0.3, -0.25) is 4.79 Å². The first kappa shape index (κ1) is 19.0. The Balaban J connectivity index is 1.99. The molecule has 0 aliphatic carbocycles. The molecule has 0 spiro atoms. The highest BCUT2D eigenvalue weighted by Crippen LogP contribution is 2.32. The van der Waals surface area contributed by atoms with Crippen LogP contribution in [0.5, 0.6) is 0 Å². The Morgan fingerprint density at radius 3 is 2.38 bits per heavy atom. The summed E-state index contributed by atoms with van der Waals surface area (Å²) in [5.41, 5.74) is 4.14. The number of hydrogen-bond donors (Lipinski definition) is 0. The summed E-state index contributed by atoms with van der Waals surface area (Å²) in [4.78, 5) is 17.7. The molecule has 1 amide bonds. The van der Waals surface area contributed by atoms with Gasteiger partial charge >= 0.3 is 0 Å². The lowest BCUT2D eigenvalue weighted by Gasteiger charge is -2.35.